The highest BCUT2D eigenvalue weighted by atomic mass is 16.1. The van der Waals surface area contributed by atoms with E-state index >= 15 is 0 Å². The molecule has 0 aromatic heterocycles. The van der Waals surface area contributed by atoms with E-state index in [0.717, 1.165) is 13.1 Å². The van der Waals surface area contributed by atoms with Gasteiger partial charge in [-0.3, -0.25) is 4.79 Å². The summed E-state index contributed by atoms with van der Waals surface area (Å²) in [6.45, 7) is 3.00. The average Bonchev–Trinajstić information content (AvgIpc) is 2.26. The van der Waals surface area contributed by atoms with Gasteiger partial charge < -0.3 is 15.5 Å². The van der Waals surface area contributed by atoms with Crippen molar-refractivity contribution in [3.05, 3.63) is 0 Å². The number of carbonyl (C=O) groups excluding carboxylic acids is 1. The first kappa shape index (κ1) is 12.5. The van der Waals surface area contributed by atoms with Crippen LogP contribution < -0.4 is 10.6 Å². The number of piperidine rings is 1. The molecule has 0 bridgehead atoms. The minimum atomic E-state index is 0.111. The molecule has 1 heterocycles. The molecule has 0 aliphatic carbocycles. The fourth-order valence-corrected chi connectivity index (χ4v) is 2.00. The molecule has 0 saturated carbocycles. The average molecular weight is 213 g/mol. The molecule has 15 heavy (non-hydrogen) atoms. The Morgan fingerprint density at radius 1 is 1.47 bits per heavy atom. The van der Waals surface area contributed by atoms with Crippen LogP contribution in [0.4, 0.5) is 0 Å². The van der Waals surface area contributed by atoms with Crippen molar-refractivity contribution in [1.82, 2.24) is 15.5 Å². The van der Waals surface area contributed by atoms with Crippen LogP contribution in [0.3, 0.4) is 0 Å². The van der Waals surface area contributed by atoms with Gasteiger partial charge in [0, 0.05) is 32.6 Å². The molecule has 0 spiro atoms. The number of nitrogens with zero attached hydrogens (tertiary/aromatic N) is 1. The number of carbonyl (C=O) groups is 1. The third-order valence-corrected chi connectivity index (χ3v) is 3.11. The van der Waals surface area contributed by atoms with E-state index in [1.54, 1.807) is 7.05 Å². The second-order valence-electron chi connectivity index (χ2n) is 4.26. The fourth-order valence-electron chi connectivity index (χ4n) is 2.00. The Morgan fingerprint density at radius 3 is 2.93 bits per heavy atom. The Morgan fingerprint density at radius 2 is 2.27 bits per heavy atom. The van der Waals surface area contributed by atoms with Crippen molar-refractivity contribution in [2.24, 2.45) is 0 Å². The maximum absolute atomic E-state index is 11.0. The van der Waals surface area contributed by atoms with E-state index in [2.05, 4.69) is 22.6 Å². The van der Waals surface area contributed by atoms with Crippen molar-refractivity contribution >= 4 is 5.91 Å². The number of hydrogen-bond donors (Lipinski definition) is 2. The molecule has 4 nitrogen and oxygen atoms in total. The monoisotopic (exact) mass is 213 g/mol. The van der Waals surface area contributed by atoms with Crippen molar-refractivity contribution in [3.63, 3.8) is 0 Å². The van der Waals surface area contributed by atoms with E-state index in [0.29, 0.717) is 12.5 Å². The molecule has 0 aromatic carbocycles. The Kier molecular flexibility index (Phi) is 5.65. The zero-order valence-corrected chi connectivity index (χ0v) is 9.88. The first-order valence-electron chi connectivity index (χ1n) is 5.85. The summed E-state index contributed by atoms with van der Waals surface area (Å²) in [6, 6.07) is 0.656. The minimum Gasteiger partial charge on any atom is -0.359 e. The summed E-state index contributed by atoms with van der Waals surface area (Å²) < 4.78 is 0. The summed E-state index contributed by atoms with van der Waals surface area (Å²) in [5.74, 6) is 0.111. The summed E-state index contributed by atoms with van der Waals surface area (Å²) in [5.41, 5.74) is 0. The van der Waals surface area contributed by atoms with E-state index in [1.807, 2.05) is 0 Å². The first-order valence-corrected chi connectivity index (χ1v) is 5.85. The maximum Gasteiger partial charge on any atom is 0.221 e. The summed E-state index contributed by atoms with van der Waals surface area (Å²) in [6.07, 6.45) is 4.52. The molecule has 1 amide bonds. The van der Waals surface area contributed by atoms with Gasteiger partial charge in [-0.2, -0.15) is 0 Å². The number of nitrogens with one attached hydrogen (secondary N) is 2. The number of likely N-dealkylation sites (tertiary alicyclic amines) is 1. The number of hydrogen-bond acceptors (Lipinski definition) is 3. The summed E-state index contributed by atoms with van der Waals surface area (Å²) >= 11 is 0. The molecule has 2 N–H and O–H groups in total. The Hall–Kier alpha value is -0.610. The second-order valence-corrected chi connectivity index (χ2v) is 4.26. The third kappa shape index (κ3) is 4.62. The molecular formula is C11H23N3O. The maximum atomic E-state index is 11.0. The van der Waals surface area contributed by atoms with Gasteiger partial charge in [0.1, 0.15) is 0 Å². The van der Waals surface area contributed by atoms with Gasteiger partial charge in [-0.15, -0.1) is 0 Å². The lowest BCUT2D eigenvalue weighted by Gasteiger charge is -2.32. The highest BCUT2D eigenvalue weighted by Gasteiger charge is 2.17. The SMILES string of the molecule is CNC(=O)CCNCC1CCCCN1C. The van der Waals surface area contributed by atoms with Gasteiger partial charge in [0.25, 0.3) is 0 Å². The molecule has 1 rings (SSSR count). The van der Waals surface area contributed by atoms with Gasteiger partial charge >= 0.3 is 0 Å². The summed E-state index contributed by atoms with van der Waals surface area (Å²) in [5, 5.41) is 5.97. The van der Waals surface area contributed by atoms with Crippen LogP contribution in [0.2, 0.25) is 0 Å². The molecule has 1 atom stereocenters. The number of likely N-dealkylation sites (N-methyl/N-ethyl adjacent to an activating group) is 1. The first-order chi connectivity index (χ1) is 7.24. The normalized spacial score (nSPS) is 22.7. The van der Waals surface area contributed by atoms with Gasteiger partial charge in [-0.1, -0.05) is 6.42 Å². The second kappa shape index (κ2) is 6.80. The molecule has 1 aliphatic rings. The van der Waals surface area contributed by atoms with Crippen LogP contribution in [-0.2, 0) is 4.79 Å². The van der Waals surface area contributed by atoms with E-state index < -0.39 is 0 Å². The molecule has 1 unspecified atom stereocenters. The van der Waals surface area contributed by atoms with Gasteiger partial charge in [-0.05, 0) is 26.4 Å². The zero-order chi connectivity index (χ0) is 11.1. The molecule has 0 aromatic rings. The molecule has 0 radical (unpaired) electrons. The van der Waals surface area contributed by atoms with Gasteiger partial charge in [0.2, 0.25) is 5.91 Å². The van der Waals surface area contributed by atoms with Crippen LogP contribution in [0.1, 0.15) is 25.7 Å². The Balaban J connectivity index is 2.06. The van der Waals surface area contributed by atoms with Crippen molar-refractivity contribution in [3.8, 4) is 0 Å². The molecule has 1 saturated heterocycles. The molecule has 4 heteroatoms. The molecular weight excluding hydrogens is 190 g/mol. The lowest BCUT2D eigenvalue weighted by Crippen LogP contribution is -2.43. The van der Waals surface area contributed by atoms with Gasteiger partial charge in [0.15, 0.2) is 0 Å². The highest BCUT2D eigenvalue weighted by molar-refractivity contribution is 5.75. The predicted molar refractivity (Wildman–Crippen MR) is 61.8 cm³/mol. The van der Waals surface area contributed by atoms with E-state index in [-0.39, 0.29) is 5.91 Å². The molecule has 1 aliphatic heterocycles. The van der Waals surface area contributed by atoms with Crippen molar-refractivity contribution in [1.29, 1.82) is 0 Å². The van der Waals surface area contributed by atoms with Crippen LogP contribution in [0.15, 0.2) is 0 Å². The fraction of sp³-hybridized carbons (Fsp3) is 0.909. The number of rotatable bonds is 5. The van der Waals surface area contributed by atoms with Crippen LogP contribution in [0, 0.1) is 0 Å². The number of amides is 1. The van der Waals surface area contributed by atoms with E-state index in [1.165, 1.54) is 25.8 Å². The van der Waals surface area contributed by atoms with Crippen LogP contribution in [0.25, 0.3) is 0 Å². The highest BCUT2D eigenvalue weighted by Crippen LogP contribution is 2.13. The van der Waals surface area contributed by atoms with Crippen LogP contribution >= 0.6 is 0 Å². The summed E-state index contributed by atoms with van der Waals surface area (Å²) in [7, 11) is 3.86. The van der Waals surface area contributed by atoms with Crippen molar-refractivity contribution < 1.29 is 4.79 Å². The smallest absolute Gasteiger partial charge is 0.221 e. The van der Waals surface area contributed by atoms with Gasteiger partial charge in [-0.25, -0.2) is 0 Å². The van der Waals surface area contributed by atoms with Crippen LogP contribution in [-0.4, -0.2) is 50.6 Å². The largest absolute Gasteiger partial charge is 0.359 e. The lowest BCUT2D eigenvalue weighted by molar-refractivity contribution is -0.120. The third-order valence-electron chi connectivity index (χ3n) is 3.11. The van der Waals surface area contributed by atoms with E-state index in [4.69, 9.17) is 0 Å². The predicted octanol–water partition coefficient (Wildman–Crippen LogP) is 0.196. The molecule has 88 valence electrons. The standard InChI is InChI=1S/C11H23N3O/c1-12-11(15)6-7-13-9-10-5-3-4-8-14(10)2/h10,13H,3-9H2,1-2H3,(H,12,15). The summed E-state index contributed by atoms with van der Waals surface area (Å²) in [4.78, 5) is 13.4. The van der Waals surface area contributed by atoms with Gasteiger partial charge in [0.05, 0.1) is 0 Å². The topological polar surface area (TPSA) is 44.4 Å². The van der Waals surface area contributed by atoms with Crippen LogP contribution in [0.5, 0.6) is 0 Å². The zero-order valence-electron chi connectivity index (χ0n) is 9.88. The molecule has 1 fully saturated rings. The van der Waals surface area contributed by atoms with Crippen molar-refractivity contribution in [2.45, 2.75) is 31.7 Å². The minimum absolute atomic E-state index is 0.111. The van der Waals surface area contributed by atoms with E-state index in [9.17, 15) is 4.79 Å². The Labute approximate surface area is 92.4 Å². The lowest BCUT2D eigenvalue weighted by atomic mass is 10.0. The Bertz CT molecular complexity index is 196. The van der Waals surface area contributed by atoms with Crippen molar-refractivity contribution in [2.75, 3.05) is 33.7 Å². The quantitative estimate of drug-likeness (QED) is 0.641.